The smallest absolute Gasteiger partial charge is 0.0459 e. The summed E-state index contributed by atoms with van der Waals surface area (Å²) in [5, 5.41) is 8.75. The van der Waals surface area contributed by atoms with E-state index in [2.05, 4.69) is 13.8 Å². The molecule has 0 aliphatic heterocycles. The third-order valence-electron chi connectivity index (χ3n) is 1.80. The van der Waals surface area contributed by atoms with Crippen LogP contribution in [0.2, 0.25) is 0 Å². The largest absolute Gasteiger partial charge is 0.396 e. The van der Waals surface area contributed by atoms with Crippen molar-refractivity contribution >= 4 is 37.2 Å². The summed E-state index contributed by atoms with van der Waals surface area (Å²) >= 11 is 0. The molecule has 0 heterocycles. The molecule has 1 unspecified atom stereocenters. The van der Waals surface area contributed by atoms with Crippen LogP contribution in [0.25, 0.3) is 0 Å². The van der Waals surface area contributed by atoms with E-state index in [1.54, 1.807) is 0 Å². The molecule has 0 aliphatic rings. The Morgan fingerprint density at radius 1 is 1.08 bits per heavy atom. The van der Waals surface area contributed by atoms with Crippen LogP contribution < -0.4 is 0 Å². The van der Waals surface area contributed by atoms with Gasteiger partial charge in [0.2, 0.25) is 0 Å². The molecule has 0 radical (unpaired) electrons. The van der Waals surface area contributed by atoms with Crippen molar-refractivity contribution in [2.24, 2.45) is 5.92 Å². The van der Waals surface area contributed by atoms with Crippen LogP contribution in [-0.2, 0) is 26.2 Å². The molecule has 0 saturated heterocycles. The van der Waals surface area contributed by atoms with Gasteiger partial charge >= 0.3 is 0 Å². The first-order valence-corrected chi connectivity index (χ1v) is 3.96. The maximum atomic E-state index is 8.75. The molecule has 5 heteroatoms. The number of aliphatic hydroxyl groups excluding tert-OH is 1. The van der Waals surface area contributed by atoms with E-state index in [1.165, 1.54) is 19.3 Å². The molecule has 0 aliphatic carbocycles. The third kappa shape index (κ3) is 19.9. The summed E-state index contributed by atoms with van der Waals surface area (Å²) in [6.45, 7) is 4.69. The fraction of sp³-hybridized carbons (Fsp3) is 1.00. The normalized spacial score (nSPS) is 9.46. The van der Waals surface area contributed by atoms with Crippen molar-refractivity contribution in [3.05, 3.63) is 0 Å². The molecule has 0 amide bonds. The molecule has 1 N–H and O–H groups in total. The Morgan fingerprint density at radius 2 is 1.54 bits per heavy atom. The average molecular weight is 331 g/mol. The van der Waals surface area contributed by atoms with E-state index in [1.807, 2.05) is 0 Å². The standard InChI is InChI=1S/C8H18O.3ClH.Zr/c1-3-5-6-8(4-2)7-9;;;;/h8-9H,3-7H2,1-2H3;3*1H;. The van der Waals surface area contributed by atoms with Crippen LogP contribution in [0, 0.1) is 5.92 Å². The average Bonchev–Trinajstić information content (AvgIpc) is 1.91. The molecule has 0 fully saturated rings. The van der Waals surface area contributed by atoms with Gasteiger partial charge in [0.1, 0.15) is 0 Å². The number of rotatable bonds is 5. The first kappa shape index (κ1) is 29.3. The van der Waals surface area contributed by atoms with Gasteiger partial charge in [0, 0.05) is 32.8 Å². The molecule has 84 valence electrons. The monoisotopic (exact) mass is 328 g/mol. The third-order valence-corrected chi connectivity index (χ3v) is 1.80. The van der Waals surface area contributed by atoms with E-state index < -0.39 is 0 Å². The Kier molecular flexibility index (Phi) is 53.0. The maximum Gasteiger partial charge on any atom is 0.0459 e. The molecular formula is C8H21Cl3OZr. The van der Waals surface area contributed by atoms with Crippen molar-refractivity contribution in [3.63, 3.8) is 0 Å². The first-order chi connectivity index (χ1) is 4.35. The Labute approximate surface area is 120 Å². The van der Waals surface area contributed by atoms with Gasteiger partial charge in [0.15, 0.2) is 0 Å². The predicted octanol–water partition coefficient (Wildman–Crippen LogP) is 3.46. The fourth-order valence-electron chi connectivity index (χ4n) is 0.917. The Morgan fingerprint density at radius 3 is 1.77 bits per heavy atom. The topological polar surface area (TPSA) is 20.2 Å². The van der Waals surface area contributed by atoms with E-state index in [4.69, 9.17) is 5.11 Å². The van der Waals surface area contributed by atoms with E-state index in [9.17, 15) is 0 Å². The van der Waals surface area contributed by atoms with E-state index >= 15 is 0 Å². The summed E-state index contributed by atoms with van der Waals surface area (Å²) in [6, 6.07) is 0. The van der Waals surface area contributed by atoms with Gasteiger partial charge in [0.25, 0.3) is 0 Å². The minimum atomic E-state index is 0. The minimum Gasteiger partial charge on any atom is -0.396 e. The van der Waals surface area contributed by atoms with Crippen molar-refractivity contribution in [3.8, 4) is 0 Å². The van der Waals surface area contributed by atoms with Crippen molar-refractivity contribution in [1.82, 2.24) is 0 Å². The molecule has 0 rings (SSSR count). The molecular weight excluding hydrogens is 310 g/mol. The number of hydrogen-bond acceptors (Lipinski definition) is 1. The molecule has 0 aromatic heterocycles. The van der Waals surface area contributed by atoms with Gasteiger partial charge in [-0.2, -0.15) is 0 Å². The van der Waals surface area contributed by atoms with Gasteiger partial charge in [-0.05, 0) is 12.3 Å². The molecule has 1 nitrogen and oxygen atoms in total. The van der Waals surface area contributed by atoms with E-state index in [-0.39, 0.29) is 63.4 Å². The summed E-state index contributed by atoms with van der Waals surface area (Å²) < 4.78 is 0. The van der Waals surface area contributed by atoms with Crippen LogP contribution in [0.5, 0.6) is 0 Å². The van der Waals surface area contributed by atoms with E-state index in [0.29, 0.717) is 12.5 Å². The number of hydrogen-bond donors (Lipinski definition) is 1. The Balaban J connectivity index is -0.0000000533. The quantitative estimate of drug-likeness (QED) is 0.818. The second-order valence-electron chi connectivity index (χ2n) is 2.60. The van der Waals surface area contributed by atoms with Crippen LogP contribution in [0.1, 0.15) is 39.5 Å². The van der Waals surface area contributed by atoms with Crippen molar-refractivity contribution < 1.29 is 31.3 Å². The summed E-state index contributed by atoms with van der Waals surface area (Å²) in [4.78, 5) is 0. The number of halogens is 3. The summed E-state index contributed by atoms with van der Waals surface area (Å²) in [5.74, 6) is 0.560. The van der Waals surface area contributed by atoms with Crippen molar-refractivity contribution in [2.75, 3.05) is 6.61 Å². The van der Waals surface area contributed by atoms with Crippen LogP contribution in [0.3, 0.4) is 0 Å². The van der Waals surface area contributed by atoms with Gasteiger partial charge in [-0.1, -0.05) is 33.1 Å². The molecule has 0 bridgehead atoms. The van der Waals surface area contributed by atoms with Crippen molar-refractivity contribution in [2.45, 2.75) is 39.5 Å². The minimum absolute atomic E-state index is 0. The summed E-state index contributed by atoms with van der Waals surface area (Å²) in [7, 11) is 0. The van der Waals surface area contributed by atoms with E-state index in [0.717, 1.165) is 6.42 Å². The van der Waals surface area contributed by atoms with Crippen molar-refractivity contribution in [1.29, 1.82) is 0 Å². The SMILES string of the molecule is CCCCC(CC)CO.Cl.Cl.Cl.[Zr]. The summed E-state index contributed by atoms with van der Waals surface area (Å²) in [5.41, 5.74) is 0. The maximum absolute atomic E-state index is 8.75. The molecule has 0 aromatic carbocycles. The van der Waals surface area contributed by atoms with Crippen LogP contribution in [0.15, 0.2) is 0 Å². The zero-order valence-electron chi connectivity index (χ0n) is 8.28. The summed E-state index contributed by atoms with van der Waals surface area (Å²) in [6.07, 6.45) is 4.83. The van der Waals surface area contributed by atoms with Gasteiger partial charge in [-0.25, -0.2) is 0 Å². The second kappa shape index (κ2) is 23.5. The van der Waals surface area contributed by atoms with Crippen LogP contribution in [-0.4, -0.2) is 11.7 Å². The Bertz CT molecular complexity index is 63.4. The zero-order chi connectivity index (χ0) is 7.11. The number of aliphatic hydroxyl groups is 1. The zero-order valence-corrected chi connectivity index (χ0v) is 13.2. The predicted molar refractivity (Wildman–Crippen MR) is 62.1 cm³/mol. The van der Waals surface area contributed by atoms with Gasteiger partial charge in [-0.15, -0.1) is 37.2 Å². The van der Waals surface area contributed by atoms with Crippen LogP contribution >= 0.6 is 37.2 Å². The second-order valence-corrected chi connectivity index (χ2v) is 2.60. The molecule has 0 spiro atoms. The molecule has 0 saturated carbocycles. The van der Waals surface area contributed by atoms with Crippen LogP contribution in [0.4, 0.5) is 0 Å². The molecule has 13 heavy (non-hydrogen) atoms. The Hall–Kier alpha value is 1.71. The number of unbranched alkanes of at least 4 members (excludes halogenated alkanes) is 1. The van der Waals surface area contributed by atoms with Gasteiger partial charge in [0.05, 0.1) is 0 Å². The van der Waals surface area contributed by atoms with Gasteiger partial charge < -0.3 is 5.11 Å². The fourth-order valence-corrected chi connectivity index (χ4v) is 0.917. The molecule has 1 atom stereocenters. The van der Waals surface area contributed by atoms with Gasteiger partial charge in [-0.3, -0.25) is 0 Å². The molecule has 0 aromatic rings. The first-order valence-electron chi connectivity index (χ1n) is 3.96.